The molecule has 0 rings (SSSR count). The highest BCUT2D eigenvalue weighted by molar-refractivity contribution is 5.75. The first kappa shape index (κ1) is 12.4. The van der Waals surface area contributed by atoms with Crippen LogP contribution in [0.25, 0.3) is 0 Å². The highest BCUT2D eigenvalue weighted by atomic mass is 16.5. The molecule has 78 valence electrons. The molecule has 0 aliphatic carbocycles. The number of hydrogen-bond acceptors (Lipinski definition) is 3. The molecule has 1 unspecified atom stereocenters. The topological polar surface area (TPSA) is 52.3 Å². The minimum atomic E-state index is -0.453. The van der Waals surface area contributed by atoms with Crippen LogP contribution < -0.4 is 5.73 Å². The highest BCUT2D eigenvalue weighted by Crippen LogP contribution is 2.07. The molecule has 0 saturated heterocycles. The molecule has 0 aliphatic heterocycles. The van der Waals surface area contributed by atoms with Gasteiger partial charge in [0.25, 0.3) is 0 Å². The van der Waals surface area contributed by atoms with Gasteiger partial charge >= 0.3 is 5.97 Å². The number of carbonyl (C=O) groups is 1. The lowest BCUT2D eigenvalue weighted by Gasteiger charge is -2.19. The first-order valence-electron chi connectivity index (χ1n) is 4.95. The molecule has 0 fully saturated rings. The van der Waals surface area contributed by atoms with Crippen LogP contribution in [0.1, 0.15) is 40.5 Å². The van der Waals surface area contributed by atoms with Gasteiger partial charge in [0, 0.05) is 0 Å². The number of nitrogens with two attached hydrogens (primary N) is 1. The molecule has 0 spiro atoms. The molecule has 13 heavy (non-hydrogen) atoms. The fourth-order valence-electron chi connectivity index (χ4n) is 0.836. The first-order valence-corrected chi connectivity index (χ1v) is 4.95. The Morgan fingerprint density at radius 3 is 2.31 bits per heavy atom. The van der Waals surface area contributed by atoms with E-state index in [1.165, 1.54) is 0 Å². The van der Waals surface area contributed by atoms with Crippen molar-refractivity contribution in [3.8, 4) is 0 Å². The number of rotatable bonds is 5. The molecule has 0 aromatic rings. The summed E-state index contributed by atoms with van der Waals surface area (Å²) in [6, 6.07) is -0.453. The molecular formula is C10H21NO2. The van der Waals surface area contributed by atoms with E-state index < -0.39 is 6.04 Å². The lowest BCUT2D eigenvalue weighted by Crippen LogP contribution is -2.35. The molecule has 0 saturated carbocycles. The molecule has 0 amide bonds. The standard InChI is InChI=1S/C10H21NO2/c1-5-6-9(11)10(12)13-8(4)7(2)3/h7-9H,5-6,11H2,1-4H3/t8?,9-/m1/s1. The zero-order valence-electron chi connectivity index (χ0n) is 9.04. The van der Waals surface area contributed by atoms with Gasteiger partial charge in [-0.1, -0.05) is 27.2 Å². The molecule has 0 bridgehead atoms. The predicted octanol–water partition coefficient (Wildman–Crippen LogP) is 1.70. The van der Waals surface area contributed by atoms with Crippen LogP contribution in [0.3, 0.4) is 0 Å². The smallest absolute Gasteiger partial charge is 0.323 e. The first-order chi connectivity index (χ1) is 5.99. The lowest BCUT2D eigenvalue weighted by atomic mass is 10.1. The van der Waals surface area contributed by atoms with Gasteiger partial charge in [0.2, 0.25) is 0 Å². The lowest BCUT2D eigenvalue weighted by molar-refractivity contribution is -0.152. The maximum atomic E-state index is 11.3. The molecule has 2 N–H and O–H groups in total. The summed E-state index contributed by atoms with van der Waals surface area (Å²) >= 11 is 0. The van der Waals surface area contributed by atoms with Crippen molar-refractivity contribution in [1.29, 1.82) is 0 Å². The Kier molecular flexibility index (Phi) is 5.71. The third-order valence-corrected chi connectivity index (χ3v) is 2.14. The summed E-state index contributed by atoms with van der Waals surface area (Å²) < 4.78 is 5.16. The van der Waals surface area contributed by atoms with Crippen molar-refractivity contribution in [3.63, 3.8) is 0 Å². The molecule has 0 aromatic heterocycles. The van der Waals surface area contributed by atoms with Crippen molar-refractivity contribution in [3.05, 3.63) is 0 Å². The quantitative estimate of drug-likeness (QED) is 0.666. The Morgan fingerprint density at radius 2 is 1.92 bits per heavy atom. The summed E-state index contributed by atoms with van der Waals surface area (Å²) in [5.74, 6) is 0.0702. The van der Waals surface area contributed by atoms with Gasteiger partial charge in [0.15, 0.2) is 0 Å². The molecule has 3 heteroatoms. The van der Waals surface area contributed by atoms with E-state index in [1.807, 2.05) is 27.7 Å². The van der Waals surface area contributed by atoms with Gasteiger partial charge in [-0.15, -0.1) is 0 Å². The number of esters is 1. The summed E-state index contributed by atoms with van der Waals surface area (Å²) in [6.45, 7) is 7.92. The summed E-state index contributed by atoms with van der Waals surface area (Å²) in [7, 11) is 0. The Bertz CT molecular complexity index is 157. The molecule has 2 atom stereocenters. The fraction of sp³-hybridized carbons (Fsp3) is 0.900. The number of carbonyl (C=O) groups excluding carboxylic acids is 1. The van der Waals surface area contributed by atoms with Gasteiger partial charge in [-0.05, 0) is 19.3 Å². The van der Waals surface area contributed by atoms with Crippen LogP contribution >= 0.6 is 0 Å². The largest absolute Gasteiger partial charge is 0.461 e. The molecular weight excluding hydrogens is 166 g/mol. The van der Waals surface area contributed by atoms with Crippen molar-refractivity contribution in [2.45, 2.75) is 52.7 Å². The third-order valence-electron chi connectivity index (χ3n) is 2.14. The Morgan fingerprint density at radius 1 is 1.38 bits per heavy atom. The van der Waals surface area contributed by atoms with Gasteiger partial charge in [-0.2, -0.15) is 0 Å². The van der Waals surface area contributed by atoms with Crippen molar-refractivity contribution in [2.75, 3.05) is 0 Å². The van der Waals surface area contributed by atoms with Crippen LogP contribution in [0.4, 0.5) is 0 Å². The highest BCUT2D eigenvalue weighted by Gasteiger charge is 2.18. The van der Waals surface area contributed by atoms with Gasteiger partial charge in [0.05, 0.1) is 0 Å². The molecule has 0 radical (unpaired) electrons. The molecule has 0 heterocycles. The zero-order valence-corrected chi connectivity index (χ0v) is 9.04. The van der Waals surface area contributed by atoms with Crippen molar-refractivity contribution in [1.82, 2.24) is 0 Å². The Hall–Kier alpha value is -0.570. The second kappa shape index (κ2) is 5.97. The van der Waals surface area contributed by atoms with Crippen LogP contribution in [-0.2, 0) is 9.53 Å². The van der Waals surface area contributed by atoms with E-state index in [1.54, 1.807) is 0 Å². The average Bonchev–Trinajstić information content (AvgIpc) is 2.04. The average molecular weight is 187 g/mol. The summed E-state index contributed by atoms with van der Waals surface area (Å²) in [5.41, 5.74) is 5.60. The van der Waals surface area contributed by atoms with Crippen molar-refractivity contribution < 1.29 is 9.53 Å². The molecule has 0 aliphatic rings. The summed E-state index contributed by atoms with van der Waals surface area (Å²) in [4.78, 5) is 11.3. The minimum absolute atomic E-state index is 0.0459. The van der Waals surface area contributed by atoms with Gasteiger partial charge in [-0.25, -0.2) is 0 Å². The number of hydrogen-bond donors (Lipinski definition) is 1. The van der Waals surface area contributed by atoms with E-state index in [0.29, 0.717) is 12.3 Å². The second-order valence-electron chi connectivity index (χ2n) is 3.78. The van der Waals surface area contributed by atoms with Crippen LogP contribution in [0.15, 0.2) is 0 Å². The summed E-state index contributed by atoms with van der Waals surface area (Å²) in [5, 5.41) is 0. The number of ether oxygens (including phenoxy) is 1. The van der Waals surface area contributed by atoms with Crippen LogP contribution in [-0.4, -0.2) is 18.1 Å². The fourth-order valence-corrected chi connectivity index (χ4v) is 0.836. The predicted molar refractivity (Wildman–Crippen MR) is 53.3 cm³/mol. The maximum absolute atomic E-state index is 11.3. The van der Waals surface area contributed by atoms with Gasteiger partial charge in [-0.3, -0.25) is 4.79 Å². The van der Waals surface area contributed by atoms with E-state index in [4.69, 9.17) is 10.5 Å². The maximum Gasteiger partial charge on any atom is 0.323 e. The molecule has 3 nitrogen and oxygen atoms in total. The van der Waals surface area contributed by atoms with E-state index in [0.717, 1.165) is 6.42 Å². The SMILES string of the molecule is CCC[C@@H](N)C(=O)OC(C)C(C)C. The van der Waals surface area contributed by atoms with Crippen LogP contribution in [0.2, 0.25) is 0 Å². The minimum Gasteiger partial charge on any atom is -0.461 e. The molecule has 0 aromatic carbocycles. The third kappa shape index (κ3) is 4.88. The van der Waals surface area contributed by atoms with E-state index in [2.05, 4.69) is 0 Å². The Labute approximate surface area is 80.6 Å². The van der Waals surface area contributed by atoms with Gasteiger partial charge in [0.1, 0.15) is 12.1 Å². The van der Waals surface area contributed by atoms with Crippen molar-refractivity contribution in [2.24, 2.45) is 11.7 Å². The zero-order chi connectivity index (χ0) is 10.4. The second-order valence-corrected chi connectivity index (χ2v) is 3.78. The summed E-state index contributed by atoms with van der Waals surface area (Å²) in [6.07, 6.45) is 1.56. The monoisotopic (exact) mass is 187 g/mol. The van der Waals surface area contributed by atoms with Crippen LogP contribution in [0.5, 0.6) is 0 Å². The Balaban J connectivity index is 3.85. The van der Waals surface area contributed by atoms with Crippen LogP contribution in [0, 0.1) is 5.92 Å². The van der Waals surface area contributed by atoms with Gasteiger partial charge < -0.3 is 10.5 Å². The van der Waals surface area contributed by atoms with E-state index >= 15 is 0 Å². The van der Waals surface area contributed by atoms with Crippen molar-refractivity contribution >= 4 is 5.97 Å². The van der Waals surface area contributed by atoms with E-state index in [-0.39, 0.29) is 12.1 Å². The van der Waals surface area contributed by atoms with E-state index in [9.17, 15) is 4.79 Å². The normalized spacial score (nSPS) is 15.5.